The van der Waals surface area contributed by atoms with Gasteiger partial charge in [0.15, 0.2) is 0 Å². The first kappa shape index (κ1) is 24.0. The minimum absolute atomic E-state index is 0.114. The number of nitrogens with one attached hydrogen (secondary N) is 1. The second-order valence-electron chi connectivity index (χ2n) is 7.10. The first-order valence-electron chi connectivity index (χ1n) is 9.70. The van der Waals surface area contributed by atoms with Crippen molar-refractivity contribution in [3.63, 3.8) is 0 Å². The number of amides is 1. The van der Waals surface area contributed by atoms with Crippen molar-refractivity contribution in [1.82, 2.24) is 0 Å². The summed E-state index contributed by atoms with van der Waals surface area (Å²) in [5, 5.41) is 23.2. The zero-order chi connectivity index (χ0) is 24.9. The van der Waals surface area contributed by atoms with E-state index in [1.807, 2.05) is 19.1 Å². The summed E-state index contributed by atoms with van der Waals surface area (Å²) in [4.78, 5) is 22.6. The third-order valence-corrected chi connectivity index (χ3v) is 4.54. The number of halogens is 3. The van der Waals surface area contributed by atoms with E-state index in [9.17, 15) is 33.3 Å². The quantitative estimate of drug-likeness (QED) is 0.199. The number of rotatable bonds is 6. The number of aryl methyl sites for hydroxylation is 1. The lowest BCUT2D eigenvalue weighted by molar-refractivity contribution is -0.385. The highest BCUT2D eigenvalue weighted by Crippen LogP contribution is 2.37. The van der Waals surface area contributed by atoms with Gasteiger partial charge >= 0.3 is 11.9 Å². The molecule has 0 unspecified atom stereocenters. The van der Waals surface area contributed by atoms with Crippen molar-refractivity contribution in [2.24, 2.45) is 0 Å². The van der Waals surface area contributed by atoms with Crippen molar-refractivity contribution in [1.29, 1.82) is 5.26 Å². The maximum absolute atomic E-state index is 12.8. The highest BCUT2D eigenvalue weighted by Gasteiger charge is 2.33. The molecule has 0 aliphatic carbocycles. The van der Waals surface area contributed by atoms with Crippen LogP contribution in [-0.4, -0.2) is 10.8 Å². The maximum atomic E-state index is 12.8. The molecule has 34 heavy (non-hydrogen) atoms. The standard InChI is InChI=1S/C24H16F3N3O4/c1-15-3-2-4-19(11-15)29-23(31)17(14-28)12-16-5-8-20(9-6-16)34-22-10-7-18(24(25,26)27)13-21(22)30(32)33/h2-13H,1H3,(H,29,31). The molecule has 0 heterocycles. The van der Waals surface area contributed by atoms with Gasteiger partial charge in [-0.25, -0.2) is 0 Å². The molecule has 0 spiro atoms. The van der Waals surface area contributed by atoms with E-state index in [2.05, 4.69) is 5.32 Å². The van der Waals surface area contributed by atoms with E-state index in [1.54, 1.807) is 18.2 Å². The minimum atomic E-state index is -4.73. The van der Waals surface area contributed by atoms with Gasteiger partial charge in [0, 0.05) is 11.8 Å². The van der Waals surface area contributed by atoms with E-state index in [4.69, 9.17) is 4.74 Å². The number of nitrogens with zero attached hydrogens (tertiary/aromatic N) is 2. The summed E-state index contributed by atoms with van der Waals surface area (Å²) in [5.41, 5.74) is -0.227. The third kappa shape index (κ3) is 5.98. The van der Waals surface area contributed by atoms with Gasteiger partial charge in [-0.3, -0.25) is 14.9 Å². The molecule has 3 aromatic carbocycles. The minimum Gasteiger partial charge on any atom is -0.450 e. The van der Waals surface area contributed by atoms with Crippen LogP contribution in [0, 0.1) is 28.4 Å². The van der Waals surface area contributed by atoms with Crippen LogP contribution >= 0.6 is 0 Å². The number of nitro groups is 1. The van der Waals surface area contributed by atoms with Crippen LogP contribution < -0.4 is 10.1 Å². The third-order valence-electron chi connectivity index (χ3n) is 4.54. The predicted octanol–water partition coefficient (Wildman–Crippen LogP) is 6.26. The van der Waals surface area contributed by atoms with E-state index in [0.717, 1.165) is 11.6 Å². The first-order valence-corrected chi connectivity index (χ1v) is 9.70. The van der Waals surface area contributed by atoms with Gasteiger partial charge in [0.25, 0.3) is 5.91 Å². The van der Waals surface area contributed by atoms with Gasteiger partial charge < -0.3 is 10.1 Å². The fourth-order valence-electron chi connectivity index (χ4n) is 2.92. The Morgan fingerprint density at radius 1 is 1.12 bits per heavy atom. The van der Waals surface area contributed by atoms with Gasteiger partial charge in [0.1, 0.15) is 17.4 Å². The van der Waals surface area contributed by atoms with E-state index in [1.165, 1.54) is 30.3 Å². The topological polar surface area (TPSA) is 105 Å². The number of ether oxygens (including phenoxy) is 1. The lowest BCUT2D eigenvalue weighted by atomic mass is 10.1. The van der Waals surface area contributed by atoms with Crippen molar-refractivity contribution in [2.75, 3.05) is 5.32 Å². The van der Waals surface area contributed by atoms with Crippen LogP contribution in [0.25, 0.3) is 6.08 Å². The molecule has 10 heteroatoms. The second kappa shape index (κ2) is 9.87. The molecule has 0 aliphatic heterocycles. The van der Waals surface area contributed by atoms with Crippen LogP contribution in [0.1, 0.15) is 16.7 Å². The molecule has 172 valence electrons. The molecule has 0 saturated heterocycles. The molecular weight excluding hydrogens is 451 g/mol. The zero-order valence-corrected chi connectivity index (χ0v) is 17.6. The number of nitriles is 1. The monoisotopic (exact) mass is 467 g/mol. The molecule has 3 rings (SSSR count). The molecular formula is C24H16F3N3O4. The maximum Gasteiger partial charge on any atom is 0.416 e. The lowest BCUT2D eigenvalue weighted by Gasteiger charge is -2.10. The molecule has 0 bridgehead atoms. The fourth-order valence-corrected chi connectivity index (χ4v) is 2.92. The van der Waals surface area contributed by atoms with Crippen molar-refractivity contribution < 1.29 is 27.6 Å². The average molecular weight is 467 g/mol. The SMILES string of the molecule is Cc1cccc(NC(=O)C(C#N)=Cc2ccc(Oc3ccc(C(F)(F)F)cc3[N+](=O)[O-])cc2)c1. The Hall–Kier alpha value is -4.65. The molecule has 1 amide bonds. The average Bonchev–Trinajstić information content (AvgIpc) is 2.77. The molecule has 0 aliphatic rings. The Bertz CT molecular complexity index is 1310. The van der Waals surface area contributed by atoms with Crippen LogP contribution in [-0.2, 0) is 11.0 Å². The first-order chi connectivity index (χ1) is 16.1. The Labute approximate surface area is 191 Å². The van der Waals surface area contributed by atoms with Crippen LogP contribution in [0.3, 0.4) is 0 Å². The van der Waals surface area contributed by atoms with E-state index in [-0.39, 0.29) is 17.1 Å². The Kier molecular flexibility index (Phi) is 6.97. The highest BCUT2D eigenvalue weighted by atomic mass is 19.4. The highest BCUT2D eigenvalue weighted by molar-refractivity contribution is 6.09. The summed E-state index contributed by atoms with van der Waals surface area (Å²) in [6, 6.07) is 16.6. The number of hydrogen-bond donors (Lipinski definition) is 1. The summed E-state index contributed by atoms with van der Waals surface area (Å²) in [6.07, 6.45) is -3.39. The Morgan fingerprint density at radius 2 is 1.82 bits per heavy atom. The van der Waals surface area contributed by atoms with Gasteiger partial charge in [0.2, 0.25) is 5.75 Å². The van der Waals surface area contributed by atoms with Gasteiger partial charge in [-0.15, -0.1) is 0 Å². The second-order valence-corrected chi connectivity index (χ2v) is 7.10. The number of anilines is 1. The Balaban J connectivity index is 1.78. The lowest BCUT2D eigenvalue weighted by Crippen LogP contribution is -2.13. The van der Waals surface area contributed by atoms with Gasteiger partial charge in [0.05, 0.1) is 10.5 Å². The number of carbonyl (C=O) groups is 1. The fraction of sp³-hybridized carbons (Fsp3) is 0.0833. The summed E-state index contributed by atoms with van der Waals surface area (Å²) in [6.45, 7) is 1.86. The molecule has 1 N–H and O–H groups in total. The van der Waals surface area contributed by atoms with E-state index < -0.39 is 28.3 Å². The normalized spacial score (nSPS) is 11.4. The van der Waals surface area contributed by atoms with Gasteiger partial charge in [-0.05, 0) is 60.5 Å². The number of benzene rings is 3. The van der Waals surface area contributed by atoms with Crippen molar-refractivity contribution in [3.8, 4) is 17.6 Å². The molecule has 3 aromatic rings. The van der Waals surface area contributed by atoms with Crippen LogP contribution in [0.4, 0.5) is 24.5 Å². The molecule has 0 saturated carbocycles. The number of hydrogen-bond acceptors (Lipinski definition) is 5. The van der Waals surface area contributed by atoms with Crippen molar-refractivity contribution in [2.45, 2.75) is 13.1 Å². The number of alkyl halides is 3. The molecule has 7 nitrogen and oxygen atoms in total. The van der Waals surface area contributed by atoms with Crippen molar-refractivity contribution in [3.05, 3.63) is 99.1 Å². The van der Waals surface area contributed by atoms with E-state index in [0.29, 0.717) is 23.4 Å². The van der Waals surface area contributed by atoms with Crippen LogP contribution in [0.2, 0.25) is 0 Å². The summed E-state index contributed by atoms with van der Waals surface area (Å²) in [7, 11) is 0. The molecule has 0 fully saturated rings. The zero-order valence-electron chi connectivity index (χ0n) is 17.6. The molecule has 0 aromatic heterocycles. The summed E-state index contributed by atoms with van der Waals surface area (Å²) >= 11 is 0. The Morgan fingerprint density at radius 3 is 2.41 bits per heavy atom. The van der Waals surface area contributed by atoms with Gasteiger partial charge in [-0.1, -0.05) is 24.3 Å². The van der Waals surface area contributed by atoms with E-state index >= 15 is 0 Å². The summed E-state index contributed by atoms with van der Waals surface area (Å²) < 4.78 is 43.9. The number of carbonyl (C=O) groups excluding carboxylic acids is 1. The van der Waals surface area contributed by atoms with Crippen LogP contribution in [0.5, 0.6) is 11.5 Å². The number of nitro benzene ring substituents is 1. The predicted molar refractivity (Wildman–Crippen MR) is 118 cm³/mol. The van der Waals surface area contributed by atoms with Crippen LogP contribution in [0.15, 0.2) is 72.3 Å². The smallest absolute Gasteiger partial charge is 0.416 e. The summed E-state index contributed by atoms with van der Waals surface area (Å²) in [5.74, 6) is -0.854. The van der Waals surface area contributed by atoms with Crippen molar-refractivity contribution >= 4 is 23.4 Å². The molecule has 0 radical (unpaired) electrons. The molecule has 0 atom stereocenters. The largest absolute Gasteiger partial charge is 0.450 e. The van der Waals surface area contributed by atoms with Gasteiger partial charge in [-0.2, -0.15) is 18.4 Å².